The van der Waals surface area contributed by atoms with Crippen molar-refractivity contribution >= 4 is 11.0 Å². The van der Waals surface area contributed by atoms with Gasteiger partial charge in [0.05, 0.1) is 22.3 Å². The number of phenols is 1. The van der Waals surface area contributed by atoms with Crippen LogP contribution in [-0.2, 0) is 21.7 Å². The van der Waals surface area contributed by atoms with Crippen molar-refractivity contribution in [3.63, 3.8) is 0 Å². The minimum atomic E-state index is -0.0859. The third-order valence-electron chi connectivity index (χ3n) is 9.77. The molecule has 0 fully saturated rings. The molecule has 0 saturated heterocycles. The van der Waals surface area contributed by atoms with Gasteiger partial charge in [0.15, 0.2) is 0 Å². The Hall–Kier alpha value is -4.70. The van der Waals surface area contributed by atoms with Crippen molar-refractivity contribution in [2.75, 3.05) is 0 Å². The van der Waals surface area contributed by atoms with Crippen LogP contribution in [0.5, 0.6) is 5.75 Å². The molecule has 0 radical (unpaired) electrons. The minimum absolute atomic E-state index is 0.0110. The van der Waals surface area contributed by atoms with Crippen molar-refractivity contribution in [3.05, 3.63) is 119 Å². The smallest absolute Gasteiger partial charge is 0.149 e. The van der Waals surface area contributed by atoms with E-state index < -0.39 is 0 Å². The van der Waals surface area contributed by atoms with Crippen LogP contribution in [0.1, 0.15) is 105 Å². The number of phenolic OH excluding ortho intramolecular Hbond substituents is 1. The van der Waals surface area contributed by atoms with Crippen molar-refractivity contribution in [1.29, 1.82) is 0 Å². The normalized spacial score (nSPS) is 12.9. The maximum atomic E-state index is 11.2. The quantitative estimate of drug-likeness (QED) is 0.204. The Balaban J connectivity index is 1.68. The number of fused-ring (bicyclic) bond motifs is 1. The van der Waals surface area contributed by atoms with Gasteiger partial charge in [0.1, 0.15) is 11.6 Å². The number of aromatic nitrogens is 3. The summed E-state index contributed by atoms with van der Waals surface area (Å²) in [5, 5.41) is 11.2. The summed E-state index contributed by atoms with van der Waals surface area (Å²) in [4.78, 5) is 10.3. The summed E-state index contributed by atoms with van der Waals surface area (Å²) in [6.07, 6.45) is 1.93. The SMILES string of the molecule is CC(C)(C)c1cc(-c2cc(C(C)(C)C)ccn2)cc(-c2cccc3c2nc(-c2ccccc2O)n3-c2cc(C(C)(C)C)cc(C(C)(C)C)c2)c1. The Morgan fingerprint density at radius 3 is 1.68 bits per heavy atom. The molecule has 258 valence electrons. The van der Waals surface area contributed by atoms with Crippen molar-refractivity contribution in [2.24, 2.45) is 0 Å². The molecule has 1 N–H and O–H groups in total. The van der Waals surface area contributed by atoms with Crippen LogP contribution in [0.4, 0.5) is 0 Å². The van der Waals surface area contributed by atoms with Gasteiger partial charge in [-0.05, 0) is 104 Å². The number of benzene rings is 4. The van der Waals surface area contributed by atoms with E-state index >= 15 is 0 Å². The van der Waals surface area contributed by atoms with E-state index in [0.717, 1.165) is 39.1 Å². The second-order valence-corrected chi connectivity index (χ2v) is 18.0. The summed E-state index contributed by atoms with van der Waals surface area (Å²) in [7, 11) is 0. The highest BCUT2D eigenvalue weighted by Gasteiger charge is 2.26. The molecule has 0 spiro atoms. The first kappa shape index (κ1) is 35.1. The van der Waals surface area contributed by atoms with Crippen LogP contribution in [-0.4, -0.2) is 19.6 Å². The highest BCUT2D eigenvalue weighted by Crippen LogP contribution is 2.41. The minimum Gasteiger partial charge on any atom is -0.507 e. The number of pyridine rings is 1. The zero-order chi connectivity index (χ0) is 36.4. The summed E-state index contributed by atoms with van der Waals surface area (Å²) in [6.45, 7) is 27.1. The van der Waals surface area contributed by atoms with E-state index in [1.54, 1.807) is 6.07 Å². The van der Waals surface area contributed by atoms with Crippen LogP contribution >= 0.6 is 0 Å². The lowest BCUT2D eigenvalue weighted by Crippen LogP contribution is -2.17. The lowest BCUT2D eigenvalue weighted by Gasteiger charge is -2.27. The Morgan fingerprint density at radius 2 is 1.08 bits per heavy atom. The van der Waals surface area contributed by atoms with Crippen LogP contribution in [0.15, 0.2) is 97.2 Å². The molecule has 4 aromatic carbocycles. The molecule has 0 aliphatic heterocycles. The number of hydrogen-bond donors (Lipinski definition) is 1. The van der Waals surface area contributed by atoms with Gasteiger partial charge >= 0.3 is 0 Å². The fourth-order valence-corrected chi connectivity index (χ4v) is 6.46. The van der Waals surface area contributed by atoms with Gasteiger partial charge in [-0.25, -0.2) is 4.98 Å². The number of aromatic hydroxyl groups is 1. The summed E-state index contributed by atoms with van der Waals surface area (Å²) >= 11 is 0. The molecule has 4 heteroatoms. The van der Waals surface area contributed by atoms with E-state index in [2.05, 4.69) is 154 Å². The van der Waals surface area contributed by atoms with Gasteiger partial charge < -0.3 is 5.11 Å². The highest BCUT2D eigenvalue weighted by atomic mass is 16.3. The van der Waals surface area contributed by atoms with Crippen LogP contribution < -0.4 is 0 Å². The molecule has 50 heavy (non-hydrogen) atoms. The maximum Gasteiger partial charge on any atom is 0.149 e. The predicted molar refractivity (Wildman–Crippen MR) is 212 cm³/mol. The fourth-order valence-electron chi connectivity index (χ4n) is 6.46. The highest BCUT2D eigenvalue weighted by molar-refractivity contribution is 5.96. The Bertz CT molecular complexity index is 2180. The lowest BCUT2D eigenvalue weighted by atomic mass is 9.80. The summed E-state index contributed by atoms with van der Waals surface area (Å²) in [5.41, 5.74) is 12.6. The second-order valence-electron chi connectivity index (χ2n) is 18.0. The largest absolute Gasteiger partial charge is 0.507 e. The molecule has 0 unspecified atom stereocenters. The Labute approximate surface area is 299 Å². The first-order valence-corrected chi connectivity index (χ1v) is 17.8. The molecular weight excluding hydrogens is 611 g/mol. The monoisotopic (exact) mass is 663 g/mol. The summed E-state index contributed by atoms with van der Waals surface area (Å²) in [6, 6.07) is 32.1. The summed E-state index contributed by atoms with van der Waals surface area (Å²) in [5.74, 6) is 0.915. The van der Waals surface area contributed by atoms with Crippen molar-refractivity contribution in [3.8, 4) is 45.2 Å². The van der Waals surface area contributed by atoms with Gasteiger partial charge in [-0.15, -0.1) is 0 Å². The molecule has 0 amide bonds. The molecule has 4 nitrogen and oxygen atoms in total. The Morgan fingerprint density at radius 1 is 0.520 bits per heavy atom. The standard InChI is InChI=1S/C46H53N3O/c1-43(2,3)31-20-21-47-38(28-31)30-22-29(23-32(24-30)44(4,5)6)36-17-15-18-39-41(36)48-42(37-16-13-14-19-40(37)50)49(39)35-26-33(45(7,8)9)25-34(27-35)46(10,11)12/h13-28,50H,1-12H3. The number of hydrogen-bond acceptors (Lipinski definition) is 3. The average Bonchev–Trinajstić information content (AvgIpc) is 3.42. The lowest BCUT2D eigenvalue weighted by molar-refractivity contribution is 0.477. The second kappa shape index (κ2) is 12.3. The zero-order valence-corrected chi connectivity index (χ0v) is 32.0. The van der Waals surface area contributed by atoms with Gasteiger partial charge in [-0.3, -0.25) is 9.55 Å². The number of para-hydroxylation sites is 2. The molecule has 0 saturated carbocycles. The van der Waals surface area contributed by atoms with E-state index in [0.29, 0.717) is 11.4 Å². The number of nitrogens with zero attached hydrogens (tertiary/aromatic N) is 3. The molecule has 0 aliphatic rings. The molecule has 0 atom stereocenters. The van der Waals surface area contributed by atoms with Crippen LogP contribution in [0.25, 0.3) is 50.5 Å². The number of rotatable bonds is 4. The van der Waals surface area contributed by atoms with Gasteiger partial charge in [0, 0.05) is 23.0 Å². The molecule has 6 rings (SSSR count). The molecule has 0 aliphatic carbocycles. The van der Waals surface area contributed by atoms with E-state index in [4.69, 9.17) is 9.97 Å². The summed E-state index contributed by atoms with van der Waals surface area (Å²) < 4.78 is 2.24. The van der Waals surface area contributed by atoms with Gasteiger partial charge in [0.2, 0.25) is 0 Å². The average molecular weight is 664 g/mol. The predicted octanol–water partition coefficient (Wildman–Crippen LogP) is 12.3. The van der Waals surface area contributed by atoms with E-state index in [-0.39, 0.29) is 27.4 Å². The van der Waals surface area contributed by atoms with E-state index in [1.807, 2.05) is 24.4 Å². The molecule has 2 heterocycles. The van der Waals surface area contributed by atoms with Gasteiger partial charge in [-0.1, -0.05) is 119 Å². The van der Waals surface area contributed by atoms with Gasteiger partial charge in [0.25, 0.3) is 0 Å². The maximum absolute atomic E-state index is 11.2. The molecule has 2 aromatic heterocycles. The van der Waals surface area contributed by atoms with E-state index in [9.17, 15) is 5.11 Å². The van der Waals surface area contributed by atoms with E-state index in [1.165, 1.54) is 22.3 Å². The first-order chi connectivity index (χ1) is 23.2. The van der Waals surface area contributed by atoms with Crippen LogP contribution in [0, 0.1) is 0 Å². The topological polar surface area (TPSA) is 50.9 Å². The molecule has 0 bridgehead atoms. The third kappa shape index (κ3) is 6.86. The van der Waals surface area contributed by atoms with Crippen molar-refractivity contribution in [1.82, 2.24) is 14.5 Å². The van der Waals surface area contributed by atoms with Gasteiger partial charge in [-0.2, -0.15) is 0 Å². The van der Waals surface area contributed by atoms with Crippen LogP contribution in [0.2, 0.25) is 0 Å². The zero-order valence-electron chi connectivity index (χ0n) is 32.0. The van der Waals surface area contributed by atoms with Crippen molar-refractivity contribution in [2.45, 2.75) is 105 Å². The molecule has 6 aromatic rings. The van der Waals surface area contributed by atoms with Crippen molar-refractivity contribution < 1.29 is 5.11 Å². The van der Waals surface area contributed by atoms with Crippen LogP contribution in [0.3, 0.4) is 0 Å². The third-order valence-corrected chi connectivity index (χ3v) is 9.77. The first-order valence-electron chi connectivity index (χ1n) is 17.8. The fraction of sp³-hybridized carbons (Fsp3) is 0.348. The Kier molecular flexibility index (Phi) is 8.62. The molecular formula is C46H53N3O. The number of imidazole rings is 1.